The molecule has 0 spiro atoms. The van der Waals surface area contributed by atoms with E-state index in [1.165, 1.54) is 6.07 Å². The van der Waals surface area contributed by atoms with E-state index in [0.717, 1.165) is 43.3 Å². The molecular weight excluding hydrogens is 338 g/mol. The van der Waals surface area contributed by atoms with Crippen molar-refractivity contribution in [3.63, 3.8) is 0 Å². The zero-order valence-corrected chi connectivity index (χ0v) is 14.2. The van der Waals surface area contributed by atoms with Crippen LogP contribution in [0.1, 0.15) is 0 Å². The summed E-state index contributed by atoms with van der Waals surface area (Å²) in [7, 11) is 1.65. The van der Waals surface area contributed by atoms with Crippen LogP contribution in [-0.2, 0) is 0 Å². The third-order valence-corrected chi connectivity index (χ3v) is 4.63. The van der Waals surface area contributed by atoms with Gasteiger partial charge in [0.15, 0.2) is 5.52 Å². The van der Waals surface area contributed by atoms with E-state index in [0.29, 0.717) is 5.52 Å². The summed E-state index contributed by atoms with van der Waals surface area (Å²) in [4.78, 5) is 15.1. The highest BCUT2D eigenvalue weighted by Crippen LogP contribution is 2.32. The average molecular weight is 355 g/mol. The molecule has 134 valence electrons. The van der Waals surface area contributed by atoms with Gasteiger partial charge in [0.2, 0.25) is 5.52 Å². The number of anilines is 2. The number of nitrogens with zero attached hydrogens (tertiary/aromatic N) is 5. The molecule has 0 N–H and O–H groups in total. The fourth-order valence-corrected chi connectivity index (χ4v) is 3.24. The standard InChI is InChI=1S/C17H17N5O4/c1-25-13-4-2-12(3-5-13)20-8-10-21(11-9-20)14-6-7-15(22(23)24)17-16(14)18-26-19-17/h2-7H,8-11H2,1H3. The molecule has 4 rings (SSSR count). The number of ether oxygens (including phenoxy) is 1. The fourth-order valence-electron chi connectivity index (χ4n) is 3.24. The number of rotatable bonds is 4. The third kappa shape index (κ3) is 2.77. The van der Waals surface area contributed by atoms with Crippen molar-refractivity contribution in [2.75, 3.05) is 43.1 Å². The molecule has 1 saturated heterocycles. The van der Waals surface area contributed by atoms with E-state index < -0.39 is 4.92 Å². The van der Waals surface area contributed by atoms with E-state index in [-0.39, 0.29) is 11.2 Å². The Balaban J connectivity index is 1.53. The maximum atomic E-state index is 11.1. The minimum Gasteiger partial charge on any atom is -0.497 e. The highest BCUT2D eigenvalue weighted by molar-refractivity contribution is 5.93. The Morgan fingerprint density at radius 2 is 1.65 bits per heavy atom. The van der Waals surface area contributed by atoms with Crippen molar-refractivity contribution in [1.29, 1.82) is 0 Å². The van der Waals surface area contributed by atoms with Gasteiger partial charge in [-0.15, -0.1) is 0 Å². The van der Waals surface area contributed by atoms with Gasteiger partial charge in [0.1, 0.15) is 5.75 Å². The second-order valence-electron chi connectivity index (χ2n) is 5.99. The lowest BCUT2D eigenvalue weighted by Gasteiger charge is -2.37. The van der Waals surface area contributed by atoms with Gasteiger partial charge in [0.05, 0.1) is 17.7 Å². The molecular formula is C17H17N5O4. The maximum Gasteiger partial charge on any atom is 0.300 e. The van der Waals surface area contributed by atoms with Crippen LogP contribution in [0.3, 0.4) is 0 Å². The number of hydrogen-bond acceptors (Lipinski definition) is 8. The van der Waals surface area contributed by atoms with Crippen molar-refractivity contribution in [1.82, 2.24) is 10.3 Å². The summed E-state index contributed by atoms with van der Waals surface area (Å²) in [5, 5.41) is 18.7. The van der Waals surface area contributed by atoms with Crippen LogP contribution in [0.25, 0.3) is 11.0 Å². The molecule has 2 heterocycles. The van der Waals surface area contributed by atoms with E-state index in [2.05, 4.69) is 20.1 Å². The molecule has 0 radical (unpaired) electrons. The van der Waals surface area contributed by atoms with Crippen molar-refractivity contribution < 1.29 is 14.3 Å². The normalized spacial score (nSPS) is 14.7. The van der Waals surface area contributed by atoms with Crippen LogP contribution in [0, 0.1) is 10.1 Å². The molecule has 1 fully saturated rings. The molecule has 1 aromatic heterocycles. The predicted molar refractivity (Wildman–Crippen MR) is 95.9 cm³/mol. The van der Waals surface area contributed by atoms with Gasteiger partial charge in [-0.1, -0.05) is 0 Å². The van der Waals surface area contributed by atoms with Crippen LogP contribution >= 0.6 is 0 Å². The average Bonchev–Trinajstić information content (AvgIpc) is 3.17. The van der Waals surface area contributed by atoms with Gasteiger partial charge in [-0.25, -0.2) is 4.63 Å². The molecule has 0 unspecified atom stereocenters. The van der Waals surface area contributed by atoms with Gasteiger partial charge < -0.3 is 14.5 Å². The van der Waals surface area contributed by atoms with E-state index in [1.54, 1.807) is 13.2 Å². The summed E-state index contributed by atoms with van der Waals surface area (Å²) in [5.74, 6) is 0.833. The highest BCUT2D eigenvalue weighted by atomic mass is 16.6. The molecule has 0 amide bonds. The van der Waals surface area contributed by atoms with Crippen LogP contribution < -0.4 is 14.5 Å². The zero-order valence-electron chi connectivity index (χ0n) is 14.2. The summed E-state index contributed by atoms with van der Waals surface area (Å²) in [6.45, 7) is 3.20. The number of aromatic nitrogens is 2. The summed E-state index contributed by atoms with van der Waals surface area (Å²) >= 11 is 0. The van der Waals surface area contributed by atoms with Gasteiger partial charge in [0, 0.05) is 37.9 Å². The van der Waals surface area contributed by atoms with Crippen molar-refractivity contribution >= 4 is 28.1 Å². The molecule has 0 aliphatic carbocycles. The number of nitro groups is 1. The Morgan fingerprint density at radius 3 is 2.31 bits per heavy atom. The number of nitro benzene ring substituents is 1. The van der Waals surface area contributed by atoms with Crippen LogP contribution in [0.15, 0.2) is 41.0 Å². The molecule has 1 aliphatic heterocycles. The van der Waals surface area contributed by atoms with Crippen molar-refractivity contribution in [2.45, 2.75) is 0 Å². The van der Waals surface area contributed by atoms with Crippen molar-refractivity contribution in [2.24, 2.45) is 0 Å². The van der Waals surface area contributed by atoms with E-state index in [1.807, 2.05) is 24.3 Å². The summed E-state index contributed by atoms with van der Waals surface area (Å²) in [6.07, 6.45) is 0. The van der Waals surface area contributed by atoms with Gasteiger partial charge in [0.25, 0.3) is 0 Å². The lowest BCUT2D eigenvalue weighted by molar-refractivity contribution is -0.383. The van der Waals surface area contributed by atoms with Crippen LogP contribution in [-0.4, -0.2) is 48.5 Å². The molecule has 9 heteroatoms. The minimum atomic E-state index is -0.474. The molecule has 0 bridgehead atoms. The Labute approximate surface area is 148 Å². The maximum absolute atomic E-state index is 11.1. The fraction of sp³-hybridized carbons (Fsp3) is 0.294. The quantitative estimate of drug-likeness (QED) is 0.520. The van der Waals surface area contributed by atoms with Gasteiger partial charge in [-0.3, -0.25) is 10.1 Å². The molecule has 3 aromatic rings. The first-order chi connectivity index (χ1) is 12.7. The van der Waals surface area contributed by atoms with Crippen molar-refractivity contribution in [3.8, 4) is 5.75 Å². The van der Waals surface area contributed by atoms with Crippen LogP contribution in [0.2, 0.25) is 0 Å². The first kappa shape index (κ1) is 16.1. The smallest absolute Gasteiger partial charge is 0.300 e. The first-order valence-electron chi connectivity index (χ1n) is 8.21. The predicted octanol–water partition coefficient (Wildman–Crippen LogP) is 2.47. The minimum absolute atomic E-state index is 0.0955. The van der Waals surface area contributed by atoms with E-state index >= 15 is 0 Å². The summed E-state index contributed by atoms with van der Waals surface area (Å²) in [5.41, 5.74) is 2.47. The first-order valence-corrected chi connectivity index (χ1v) is 8.21. The number of methoxy groups -OCH3 is 1. The number of benzene rings is 2. The van der Waals surface area contributed by atoms with Gasteiger partial charge in [-0.05, 0) is 40.6 Å². The number of piperazine rings is 1. The number of hydrogen-bond donors (Lipinski definition) is 0. The van der Waals surface area contributed by atoms with Crippen LogP contribution in [0.4, 0.5) is 17.1 Å². The second-order valence-corrected chi connectivity index (χ2v) is 5.99. The number of non-ortho nitro benzene ring substituents is 1. The van der Waals surface area contributed by atoms with Crippen LogP contribution in [0.5, 0.6) is 5.75 Å². The molecule has 0 saturated carbocycles. The van der Waals surface area contributed by atoms with Crippen molar-refractivity contribution in [3.05, 3.63) is 46.5 Å². The molecule has 0 atom stereocenters. The Morgan fingerprint density at radius 1 is 1.00 bits per heavy atom. The SMILES string of the molecule is COc1ccc(N2CCN(c3ccc([N+](=O)[O-])c4nonc34)CC2)cc1. The highest BCUT2D eigenvalue weighted by Gasteiger charge is 2.25. The summed E-state index contributed by atoms with van der Waals surface area (Å²) < 4.78 is 9.94. The van der Waals surface area contributed by atoms with Gasteiger partial charge in [-0.2, -0.15) is 0 Å². The Hall–Kier alpha value is -3.36. The van der Waals surface area contributed by atoms with Gasteiger partial charge >= 0.3 is 5.69 Å². The lowest BCUT2D eigenvalue weighted by atomic mass is 10.2. The lowest BCUT2D eigenvalue weighted by Crippen LogP contribution is -2.46. The molecule has 9 nitrogen and oxygen atoms in total. The largest absolute Gasteiger partial charge is 0.497 e. The monoisotopic (exact) mass is 355 g/mol. The summed E-state index contributed by atoms with van der Waals surface area (Å²) in [6, 6.07) is 11.1. The van der Waals surface area contributed by atoms with E-state index in [9.17, 15) is 10.1 Å². The zero-order chi connectivity index (χ0) is 18.1. The second kappa shape index (κ2) is 6.51. The Bertz CT molecular complexity index is 932. The number of fused-ring (bicyclic) bond motifs is 1. The topological polar surface area (TPSA) is 97.8 Å². The third-order valence-electron chi connectivity index (χ3n) is 4.63. The molecule has 26 heavy (non-hydrogen) atoms. The molecule has 1 aliphatic rings. The molecule has 2 aromatic carbocycles. The Kier molecular flexibility index (Phi) is 4.04. The van der Waals surface area contributed by atoms with E-state index in [4.69, 9.17) is 9.37 Å².